The molecular weight excluding hydrogens is 863 g/mol. The molecular formula is C66H41N5. The fourth-order valence-electron chi connectivity index (χ4n) is 11.5. The van der Waals surface area contributed by atoms with Gasteiger partial charge < -0.3 is 9.13 Å². The van der Waals surface area contributed by atoms with Gasteiger partial charge in [-0.25, -0.2) is 9.97 Å². The average molecular weight is 904 g/mol. The lowest BCUT2D eigenvalue weighted by Gasteiger charge is -2.15. The van der Waals surface area contributed by atoms with Gasteiger partial charge in [0.05, 0.1) is 49.8 Å². The third kappa shape index (κ3) is 6.00. The predicted octanol–water partition coefficient (Wildman–Crippen LogP) is 17.1. The highest BCUT2D eigenvalue weighted by Gasteiger charge is 2.25. The van der Waals surface area contributed by atoms with Crippen LogP contribution in [0.25, 0.3) is 138 Å². The zero-order chi connectivity index (χ0) is 46.6. The molecule has 0 N–H and O–H groups in total. The van der Waals surface area contributed by atoms with E-state index in [1.165, 1.54) is 60.2 Å². The fourth-order valence-corrected chi connectivity index (χ4v) is 11.5. The van der Waals surface area contributed by atoms with Crippen molar-refractivity contribution < 1.29 is 0 Å². The normalized spacial score (nSPS) is 11.9. The number of para-hydroxylation sites is 5. The van der Waals surface area contributed by atoms with Gasteiger partial charge in [-0.1, -0.05) is 176 Å². The van der Waals surface area contributed by atoms with Gasteiger partial charge in [0.25, 0.3) is 0 Å². The van der Waals surface area contributed by atoms with E-state index in [0.717, 1.165) is 77.7 Å². The van der Waals surface area contributed by atoms with Gasteiger partial charge in [-0.3, -0.25) is 4.57 Å². The quantitative estimate of drug-likeness (QED) is 0.167. The van der Waals surface area contributed by atoms with Crippen molar-refractivity contribution in [3.05, 3.63) is 249 Å². The minimum Gasteiger partial charge on any atom is -0.309 e. The van der Waals surface area contributed by atoms with Crippen LogP contribution in [-0.4, -0.2) is 23.7 Å². The fraction of sp³-hybridized carbons (Fsp3) is 0. The average Bonchev–Trinajstić information content (AvgIpc) is 4.09. The van der Waals surface area contributed by atoms with Crippen molar-refractivity contribution in [3.63, 3.8) is 0 Å². The minimum absolute atomic E-state index is 0.798. The maximum Gasteiger partial charge on any atom is 0.165 e. The monoisotopic (exact) mass is 903 g/mol. The van der Waals surface area contributed by atoms with Gasteiger partial charge in [0.1, 0.15) is 5.69 Å². The van der Waals surface area contributed by atoms with Crippen LogP contribution in [0.1, 0.15) is 0 Å². The molecule has 0 radical (unpaired) electrons. The van der Waals surface area contributed by atoms with Gasteiger partial charge in [0.2, 0.25) is 0 Å². The van der Waals surface area contributed by atoms with Crippen molar-refractivity contribution >= 4 is 87.2 Å². The molecule has 0 spiro atoms. The smallest absolute Gasteiger partial charge is 0.165 e. The second kappa shape index (κ2) is 15.5. The lowest BCUT2D eigenvalue weighted by Crippen LogP contribution is -2.04. The van der Waals surface area contributed by atoms with Crippen molar-refractivity contribution in [2.75, 3.05) is 0 Å². The first kappa shape index (κ1) is 39.4. The van der Waals surface area contributed by atoms with E-state index in [1.54, 1.807) is 0 Å². The Morgan fingerprint density at radius 1 is 0.268 bits per heavy atom. The van der Waals surface area contributed by atoms with Crippen molar-refractivity contribution in [2.24, 2.45) is 0 Å². The summed E-state index contributed by atoms with van der Waals surface area (Å²) < 4.78 is 7.28. The van der Waals surface area contributed by atoms with Crippen LogP contribution in [0.4, 0.5) is 0 Å². The number of fused-ring (bicyclic) bond motifs is 12. The van der Waals surface area contributed by atoms with Crippen LogP contribution in [0, 0.1) is 0 Å². The van der Waals surface area contributed by atoms with Gasteiger partial charge in [-0.2, -0.15) is 0 Å². The Hall–Kier alpha value is -9.58. The Morgan fingerprint density at radius 2 is 0.761 bits per heavy atom. The Bertz CT molecular complexity index is 4630. The molecule has 5 nitrogen and oxygen atoms in total. The zero-order valence-electron chi connectivity index (χ0n) is 38.4. The molecule has 15 aromatic rings. The Morgan fingerprint density at radius 3 is 1.49 bits per heavy atom. The molecule has 0 atom stereocenters. The zero-order valence-corrected chi connectivity index (χ0v) is 38.4. The highest BCUT2D eigenvalue weighted by atomic mass is 15.1. The van der Waals surface area contributed by atoms with E-state index in [0.29, 0.717) is 0 Å². The number of nitrogens with zero attached hydrogens (tertiary/aromatic N) is 5. The van der Waals surface area contributed by atoms with E-state index in [1.807, 2.05) is 12.1 Å². The second-order valence-electron chi connectivity index (χ2n) is 18.5. The Balaban J connectivity index is 0.959. The molecule has 0 fully saturated rings. The maximum absolute atomic E-state index is 5.49. The third-order valence-electron chi connectivity index (χ3n) is 14.6. The number of hydrogen-bond donors (Lipinski definition) is 0. The van der Waals surface area contributed by atoms with E-state index in [2.05, 4.69) is 250 Å². The molecule has 0 aliphatic carbocycles. The lowest BCUT2D eigenvalue weighted by atomic mass is 10.00. The molecule has 5 heteroatoms. The molecule has 4 aromatic heterocycles. The molecule has 0 unspecified atom stereocenters. The summed E-state index contributed by atoms with van der Waals surface area (Å²) in [5, 5.41) is 9.57. The second-order valence-corrected chi connectivity index (χ2v) is 18.5. The molecule has 11 aromatic carbocycles. The molecule has 0 saturated heterocycles. The van der Waals surface area contributed by atoms with Crippen molar-refractivity contribution in [1.29, 1.82) is 0 Å². The van der Waals surface area contributed by atoms with Crippen LogP contribution in [-0.2, 0) is 0 Å². The van der Waals surface area contributed by atoms with Gasteiger partial charge in [0.15, 0.2) is 5.82 Å². The highest BCUT2D eigenvalue weighted by molar-refractivity contribution is 6.29. The minimum atomic E-state index is 0.798. The Labute approximate surface area is 408 Å². The van der Waals surface area contributed by atoms with Gasteiger partial charge in [-0.15, -0.1) is 0 Å². The summed E-state index contributed by atoms with van der Waals surface area (Å²) in [5.41, 5.74) is 17.4. The number of aromatic nitrogens is 5. The van der Waals surface area contributed by atoms with Crippen molar-refractivity contribution in [2.45, 2.75) is 0 Å². The summed E-state index contributed by atoms with van der Waals surface area (Å²) >= 11 is 0. The van der Waals surface area contributed by atoms with Gasteiger partial charge in [0, 0.05) is 43.6 Å². The standard InChI is InChI=1S/C66H41N5/c1-2-16-42(17-3-1)44-32-34-45(35-33-44)47-20-14-21-49(41-47)69-55-27-11-7-23-51(55)63-60(69)38-39-61-64(63)52-24-8-12-28-56(52)70(61)58-30-15-31-59-62(58)50-22-6-13-29-57(50)71(59)66-65(67-53-25-9-10-26-54(53)68-66)48-37-36-43-18-4-5-19-46(43)40-48/h1-41H. The summed E-state index contributed by atoms with van der Waals surface area (Å²) in [6, 6.07) is 89.8. The van der Waals surface area contributed by atoms with E-state index < -0.39 is 0 Å². The first-order valence-corrected chi connectivity index (χ1v) is 24.2. The molecule has 0 bridgehead atoms. The highest BCUT2D eigenvalue weighted by Crippen LogP contribution is 2.45. The van der Waals surface area contributed by atoms with E-state index in [4.69, 9.17) is 9.97 Å². The van der Waals surface area contributed by atoms with Crippen LogP contribution in [0.3, 0.4) is 0 Å². The summed E-state index contributed by atoms with van der Waals surface area (Å²) in [6.07, 6.45) is 0. The first-order chi connectivity index (χ1) is 35.2. The summed E-state index contributed by atoms with van der Waals surface area (Å²) in [4.78, 5) is 10.9. The van der Waals surface area contributed by atoms with Crippen molar-refractivity contribution in [3.8, 4) is 50.7 Å². The summed E-state index contributed by atoms with van der Waals surface area (Å²) in [7, 11) is 0. The van der Waals surface area contributed by atoms with Crippen LogP contribution in [0.5, 0.6) is 0 Å². The number of benzene rings is 11. The summed E-state index contributed by atoms with van der Waals surface area (Å²) in [5.74, 6) is 0.798. The molecule has 0 aliphatic rings. The molecule has 0 amide bonds. The van der Waals surface area contributed by atoms with Gasteiger partial charge >= 0.3 is 0 Å². The molecule has 4 heterocycles. The first-order valence-electron chi connectivity index (χ1n) is 24.2. The van der Waals surface area contributed by atoms with Crippen LogP contribution >= 0.6 is 0 Å². The van der Waals surface area contributed by atoms with Gasteiger partial charge in [-0.05, 0) is 106 Å². The van der Waals surface area contributed by atoms with Crippen LogP contribution in [0.15, 0.2) is 249 Å². The van der Waals surface area contributed by atoms with E-state index in [9.17, 15) is 0 Å². The molecule has 71 heavy (non-hydrogen) atoms. The molecule has 0 saturated carbocycles. The third-order valence-corrected chi connectivity index (χ3v) is 14.6. The molecule has 15 rings (SSSR count). The number of hydrogen-bond acceptors (Lipinski definition) is 2. The largest absolute Gasteiger partial charge is 0.309 e. The maximum atomic E-state index is 5.49. The van der Waals surface area contributed by atoms with E-state index in [-0.39, 0.29) is 0 Å². The Kier molecular flexibility index (Phi) is 8.59. The SMILES string of the molecule is c1ccc(-c2ccc(-c3cccc(-n4c5ccccc5c5c6c7ccccc7n(-c7cccc8c7c7ccccc7n8-c7nc8ccccc8nc7-c7ccc8ccccc8c7)c6ccc54)c3)cc2)cc1. The number of rotatable bonds is 6. The van der Waals surface area contributed by atoms with Crippen LogP contribution < -0.4 is 0 Å². The van der Waals surface area contributed by atoms with E-state index >= 15 is 0 Å². The molecule has 0 aliphatic heterocycles. The summed E-state index contributed by atoms with van der Waals surface area (Å²) in [6.45, 7) is 0. The van der Waals surface area contributed by atoms with Crippen molar-refractivity contribution in [1.82, 2.24) is 23.7 Å². The predicted molar refractivity (Wildman–Crippen MR) is 296 cm³/mol. The topological polar surface area (TPSA) is 40.6 Å². The molecule has 330 valence electrons. The lowest BCUT2D eigenvalue weighted by molar-refractivity contribution is 1.08. The van der Waals surface area contributed by atoms with Crippen LogP contribution in [0.2, 0.25) is 0 Å².